The van der Waals surface area contributed by atoms with Gasteiger partial charge in [0.15, 0.2) is 11.5 Å². The van der Waals surface area contributed by atoms with Gasteiger partial charge in [-0.15, -0.1) is 0 Å². The minimum absolute atomic E-state index is 0.0997. The summed E-state index contributed by atoms with van der Waals surface area (Å²) in [6, 6.07) is 3.32. The first-order valence-corrected chi connectivity index (χ1v) is 8.94. The van der Waals surface area contributed by atoms with E-state index in [1.54, 1.807) is 27.0 Å². The number of methoxy groups -OCH3 is 2. The van der Waals surface area contributed by atoms with Crippen molar-refractivity contribution in [1.82, 2.24) is 9.44 Å². The molecule has 0 heterocycles. The van der Waals surface area contributed by atoms with Gasteiger partial charge in [0.25, 0.3) is 10.2 Å². The lowest BCUT2D eigenvalue weighted by Crippen LogP contribution is -2.46. The van der Waals surface area contributed by atoms with E-state index in [0.29, 0.717) is 29.9 Å². The first kappa shape index (κ1) is 18.0. The highest BCUT2D eigenvalue weighted by molar-refractivity contribution is 7.87. The molecule has 130 valence electrons. The molecular formula is C15H24N2O5S. The molecule has 0 fully saturated rings. The van der Waals surface area contributed by atoms with Crippen molar-refractivity contribution in [1.29, 1.82) is 0 Å². The first-order valence-electron chi connectivity index (χ1n) is 7.45. The van der Waals surface area contributed by atoms with E-state index in [1.165, 1.54) is 7.11 Å². The Hall–Kier alpha value is -1.35. The molecule has 23 heavy (non-hydrogen) atoms. The molecule has 0 radical (unpaired) electrons. The number of rotatable bonds is 7. The number of aliphatic hydroxyl groups is 1. The van der Waals surface area contributed by atoms with Crippen LogP contribution >= 0.6 is 0 Å². The maximum Gasteiger partial charge on any atom is 0.277 e. The second kappa shape index (κ2) is 6.64. The van der Waals surface area contributed by atoms with Gasteiger partial charge in [0, 0.05) is 12.6 Å². The summed E-state index contributed by atoms with van der Waals surface area (Å²) in [5, 5.41) is 10.9. The molecule has 0 spiro atoms. The van der Waals surface area contributed by atoms with Crippen molar-refractivity contribution < 1.29 is 23.0 Å². The molecule has 0 aliphatic heterocycles. The van der Waals surface area contributed by atoms with E-state index in [-0.39, 0.29) is 12.6 Å². The molecule has 1 aliphatic rings. The topological polar surface area (TPSA) is 96.9 Å². The maximum atomic E-state index is 11.9. The Bertz CT molecular complexity index is 675. The third-order valence-electron chi connectivity index (χ3n) is 3.86. The molecule has 1 atom stereocenters. The SMILES string of the molecule is COc1cc2c(cc1OC)C(O)(CNS(=O)(=O)NC(C)C)CC2. The molecule has 1 aliphatic carbocycles. The molecule has 0 aromatic heterocycles. The molecule has 2 rings (SSSR count). The Labute approximate surface area is 137 Å². The second-order valence-corrected chi connectivity index (χ2v) is 7.52. The Kier molecular flexibility index (Phi) is 5.20. The van der Waals surface area contributed by atoms with Crippen LogP contribution in [0.15, 0.2) is 12.1 Å². The first-order chi connectivity index (χ1) is 10.7. The van der Waals surface area contributed by atoms with E-state index in [1.807, 2.05) is 6.07 Å². The summed E-state index contributed by atoms with van der Waals surface area (Å²) in [5.74, 6) is 1.10. The highest BCUT2D eigenvalue weighted by atomic mass is 32.2. The zero-order valence-electron chi connectivity index (χ0n) is 13.8. The van der Waals surface area contributed by atoms with Crippen molar-refractivity contribution in [2.45, 2.75) is 38.3 Å². The third-order valence-corrected chi connectivity index (χ3v) is 5.17. The maximum absolute atomic E-state index is 11.9. The van der Waals surface area contributed by atoms with Crippen LogP contribution in [0.1, 0.15) is 31.4 Å². The fraction of sp³-hybridized carbons (Fsp3) is 0.600. The average Bonchev–Trinajstić information content (AvgIpc) is 2.80. The molecule has 0 saturated carbocycles. The van der Waals surface area contributed by atoms with Crippen LogP contribution in [-0.4, -0.2) is 40.3 Å². The van der Waals surface area contributed by atoms with Crippen LogP contribution < -0.4 is 18.9 Å². The number of aryl methyl sites for hydroxylation is 1. The molecule has 1 aromatic rings. The van der Waals surface area contributed by atoms with Gasteiger partial charge in [-0.3, -0.25) is 0 Å². The fourth-order valence-corrected chi connectivity index (χ4v) is 3.92. The van der Waals surface area contributed by atoms with Crippen LogP contribution in [-0.2, 0) is 22.2 Å². The summed E-state index contributed by atoms with van der Waals surface area (Å²) < 4.78 is 39.2. The van der Waals surface area contributed by atoms with E-state index in [9.17, 15) is 13.5 Å². The van der Waals surface area contributed by atoms with E-state index < -0.39 is 15.8 Å². The Morgan fingerprint density at radius 2 is 1.87 bits per heavy atom. The van der Waals surface area contributed by atoms with Crippen LogP contribution in [0.3, 0.4) is 0 Å². The lowest BCUT2D eigenvalue weighted by Gasteiger charge is -2.25. The van der Waals surface area contributed by atoms with E-state index in [0.717, 1.165) is 5.56 Å². The Morgan fingerprint density at radius 3 is 2.43 bits per heavy atom. The van der Waals surface area contributed by atoms with E-state index in [2.05, 4.69) is 9.44 Å². The molecular weight excluding hydrogens is 320 g/mol. The molecule has 3 N–H and O–H groups in total. The van der Waals surface area contributed by atoms with Gasteiger partial charge in [0.2, 0.25) is 0 Å². The summed E-state index contributed by atoms with van der Waals surface area (Å²) in [7, 11) is -0.579. The summed E-state index contributed by atoms with van der Waals surface area (Å²) >= 11 is 0. The Balaban J connectivity index is 2.23. The van der Waals surface area contributed by atoms with Crippen LogP contribution in [0.25, 0.3) is 0 Å². The van der Waals surface area contributed by atoms with Crippen molar-refractivity contribution in [3.8, 4) is 11.5 Å². The number of hydrogen-bond donors (Lipinski definition) is 3. The van der Waals surface area contributed by atoms with Crippen molar-refractivity contribution in [3.05, 3.63) is 23.3 Å². The highest BCUT2D eigenvalue weighted by Crippen LogP contribution is 2.42. The zero-order chi connectivity index (χ0) is 17.3. The number of nitrogens with one attached hydrogen (secondary N) is 2. The predicted octanol–water partition coefficient (Wildman–Crippen LogP) is 0.670. The quantitative estimate of drug-likeness (QED) is 0.675. The molecule has 7 nitrogen and oxygen atoms in total. The van der Waals surface area contributed by atoms with Gasteiger partial charge < -0.3 is 14.6 Å². The van der Waals surface area contributed by atoms with Gasteiger partial charge in [-0.2, -0.15) is 17.9 Å². The van der Waals surface area contributed by atoms with Crippen molar-refractivity contribution in [3.63, 3.8) is 0 Å². The number of benzene rings is 1. The molecule has 1 unspecified atom stereocenters. The van der Waals surface area contributed by atoms with Crippen LogP contribution in [0.2, 0.25) is 0 Å². The van der Waals surface area contributed by atoms with E-state index in [4.69, 9.17) is 9.47 Å². The minimum Gasteiger partial charge on any atom is -0.493 e. The standard InChI is InChI=1S/C15H24N2O5S/c1-10(2)17-23(19,20)16-9-15(18)6-5-11-7-13(21-3)14(22-4)8-12(11)15/h7-8,10,16-18H,5-6,9H2,1-4H3. The lowest BCUT2D eigenvalue weighted by atomic mass is 9.96. The minimum atomic E-state index is -3.65. The monoisotopic (exact) mass is 344 g/mol. The molecule has 0 saturated heterocycles. The summed E-state index contributed by atoms with van der Waals surface area (Å²) in [6.07, 6.45) is 1.08. The number of ether oxygens (including phenoxy) is 2. The van der Waals surface area contributed by atoms with Gasteiger partial charge in [-0.05, 0) is 49.9 Å². The molecule has 1 aromatic carbocycles. The third kappa shape index (κ3) is 3.95. The molecule has 0 bridgehead atoms. The normalized spacial score (nSPS) is 20.6. The van der Waals surface area contributed by atoms with Crippen LogP contribution in [0.5, 0.6) is 11.5 Å². The van der Waals surface area contributed by atoms with Gasteiger partial charge in [0.05, 0.1) is 14.2 Å². The van der Waals surface area contributed by atoms with Crippen LogP contribution in [0.4, 0.5) is 0 Å². The van der Waals surface area contributed by atoms with Crippen molar-refractivity contribution in [2.24, 2.45) is 0 Å². The number of hydrogen-bond acceptors (Lipinski definition) is 5. The average molecular weight is 344 g/mol. The van der Waals surface area contributed by atoms with Crippen molar-refractivity contribution >= 4 is 10.2 Å². The summed E-state index contributed by atoms with van der Waals surface area (Å²) in [4.78, 5) is 0. The van der Waals surface area contributed by atoms with E-state index >= 15 is 0 Å². The summed E-state index contributed by atoms with van der Waals surface area (Å²) in [6.45, 7) is 3.36. The molecule has 8 heteroatoms. The van der Waals surface area contributed by atoms with Gasteiger partial charge in [-0.1, -0.05) is 0 Å². The zero-order valence-corrected chi connectivity index (χ0v) is 14.7. The van der Waals surface area contributed by atoms with Gasteiger partial charge in [-0.25, -0.2) is 0 Å². The van der Waals surface area contributed by atoms with Gasteiger partial charge >= 0.3 is 0 Å². The second-order valence-electron chi connectivity index (χ2n) is 5.99. The summed E-state index contributed by atoms with van der Waals surface area (Å²) in [5.41, 5.74) is 0.337. The Morgan fingerprint density at radius 1 is 1.26 bits per heavy atom. The number of fused-ring (bicyclic) bond motifs is 1. The molecule has 0 amide bonds. The van der Waals surface area contributed by atoms with Gasteiger partial charge in [0.1, 0.15) is 5.60 Å². The highest BCUT2D eigenvalue weighted by Gasteiger charge is 2.38. The smallest absolute Gasteiger partial charge is 0.277 e. The lowest BCUT2D eigenvalue weighted by molar-refractivity contribution is 0.0439. The fourth-order valence-electron chi connectivity index (χ4n) is 2.79. The largest absolute Gasteiger partial charge is 0.493 e. The van der Waals surface area contributed by atoms with Crippen molar-refractivity contribution in [2.75, 3.05) is 20.8 Å². The predicted molar refractivity (Wildman–Crippen MR) is 87.0 cm³/mol. The van der Waals surface area contributed by atoms with Crippen LogP contribution in [0, 0.1) is 0 Å².